The molecule has 0 aliphatic carbocycles. The zero-order chi connectivity index (χ0) is 17.9. The lowest BCUT2D eigenvalue weighted by Gasteiger charge is -2.28. The SMILES string of the molecule is O=[N+]([O-])c1ccc(N(Cc2cccs2)CC2CCCO2)c2ccncc12. The fourth-order valence-electron chi connectivity index (χ4n) is 3.47. The van der Waals surface area contributed by atoms with Crippen LogP contribution in [0.1, 0.15) is 17.7 Å². The number of benzene rings is 1. The van der Waals surface area contributed by atoms with Gasteiger partial charge in [-0.05, 0) is 36.4 Å². The molecule has 7 heteroatoms. The van der Waals surface area contributed by atoms with Crippen LogP contribution in [-0.2, 0) is 11.3 Å². The molecule has 3 aromatic rings. The summed E-state index contributed by atoms with van der Waals surface area (Å²) >= 11 is 1.71. The van der Waals surface area contributed by atoms with E-state index in [-0.39, 0.29) is 16.7 Å². The molecule has 1 saturated heterocycles. The molecule has 26 heavy (non-hydrogen) atoms. The summed E-state index contributed by atoms with van der Waals surface area (Å²) in [7, 11) is 0. The zero-order valence-electron chi connectivity index (χ0n) is 14.2. The Labute approximate surface area is 155 Å². The molecule has 134 valence electrons. The van der Waals surface area contributed by atoms with E-state index >= 15 is 0 Å². The number of hydrogen-bond acceptors (Lipinski definition) is 6. The Morgan fingerprint density at radius 3 is 2.96 bits per heavy atom. The molecule has 0 amide bonds. The maximum atomic E-state index is 11.4. The monoisotopic (exact) mass is 369 g/mol. The maximum Gasteiger partial charge on any atom is 0.278 e. The van der Waals surface area contributed by atoms with Crippen LogP contribution in [0.3, 0.4) is 0 Å². The van der Waals surface area contributed by atoms with E-state index in [1.807, 2.05) is 18.2 Å². The molecule has 0 saturated carbocycles. The molecular weight excluding hydrogens is 350 g/mol. The van der Waals surface area contributed by atoms with Crippen LogP contribution in [0.4, 0.5) is 11.4 Å². The van der Waals surface area contributed by atoms with Crippen molar-refractivity contribution in [2.24, 2.45) is 0 Å². The third-order valence-electron chi connectivity index (χ3n) is 4.68. The van der Waals surface area contributed by atoms with E-state index in [1.165, 1.54) is 4.88 Å². The topological polar surface area (TPSA) is 68.5 Å². The average molecular weight is 369 g/mol. The van der Waals surface area contributed by atoms with Crippen molar-refractivity contribution in [2.45, 2.75) is 25.5 Å². The summed E-state index contributed by atoms with van der Waals surface area (Å²) in [6.45, 7) is 2.34. The maximum absolute atomic E-state index is 11.4. The number of rotatable bonds is 6. The number of thiophene rings is 1. The third-order valence-corrected chi connectivity index (χ3v) is 5.55. The zero-order valence-corrected chi connectivity index (χ0v) is 15.0. The summed E-state index contributed by atoms with van der Waals surface area (Å²) in [5, 5.41) is 14.9. The lowest BCUT2D eigenvalue weighted by Crippen LogP contribution is -2.31. The fraction of sp³-hybridized carbons (Fsp3) is 0.316. The molecule has 2 aromatic heterocycles. The van der Waals surface area contributed by atoms with Crippen molar-refractivity contribution in [1.29, 1.82) is 0 Å². The van der Waals surface area contributed by atoms with Crippen LogP contribution in [-0.4, -0.2) is 29.2 Å². The highest BCUT2D eigenvalue weighted by atomic mass is 32.1. The first-order valence-corrected chi connectivity index (χ1v) is 9.50. The molecule has 0 radical (unpaired) electrons. The summed E-state index contributed by atoms with van der Waals surface area (Å²) in [5.74, 6) is 0. The standard InChI is InChI=1S/C19H19N3O3S/c23-22(24)19-6-5-18(16-7-8-20-11-17(16)19)21(12-14-3-1-9-25-14)13-15-4-2-10-26-15/h2,4-8,10-11,14H,1,3,9,12-13H2. The van der Waals surface area contributed by atoms with Crippen molar-refractivity contribution >= 4 is 33.5 Å². The molecular formula is C19H19N3O3S. The number of nitro groups is 1. The Bertz CT molecular complexity index is 908. The number of non-ortho nitro benzene ring substituents is 1. The van der Waals surface area contributed by atoms with E-state index in [2.05, 4.69) is 21.3 Å². The molecule has 0 bridgehead atoms. The number of fused-ring (bicyclic) bond motifs is 1. The van der Waals surface area contributed by atoms with Crippen LogP contribution in [0.25, 0.3) is 10.8 Å². The molecule has 1 unspecified atom stereocenters. The fourth-order valence-corrected chi connectivity index (χ4v) is 4.19. The van der Waals surface area contributed by atoms with Gasteiger partial charge < -0.3 is 9.64 Å². The van der Waals surface area contributed by atoms with Gasteiger partial charge in [-0.15, -0.1) is 11.3 Å². The van der Waals surface area contributed by atoms with Gasteiger partial charge in [0.2, 0.25) is 0 Å². The molecule has 0 N–H and O–H groups in total. The summed E-state index contributed by atoms with van der Waals surface area (Å²) in [4.78, 5) is 18.6. The summed E-state index contributed by atoms with van der Waals surface area (Å²) in [5.41, 5.74) is 1.07. The van der Waals surface area contributed by atoms with Gasteiger partial charge in [-0.1, -0.05) is 6.07 Å². The Kier molecular flexibility index (Phi) is 4.81. The number of ether oxygens (including phenoxy) is 1. The normalized spacial score (nSPS) is 16.8. The van der Waals surface area contributed by atoms with Crippen molar-refractivity contribution < 1.29 is 9.66 Å². The molecule has 4 rings (SSSR count). The second kappa shape index (κ2) is 7.39. The van der Waals surface area contributed by atoms with Crippen LogP contribution in [0, 0.1) is 10.1 Å². The van der Waals surface area contributed by atoms with E-state index in [0.717, 1.165) is 43.6 Å². The van der Waals surface area contributed by atoms with Crippen molar-refractivity contribution in [2.75, 3.05) is 18.1 Å². The highest BCUT2D eigenvalue weighted by Crippen LogP contribution is 2.34. The van der Waals surface area contributed by atoms with Crippen molar-refractivity contribution in [3.05, 3.63) is 63.1 Å². The van der Waals surface area contributed by atoms with Gasteiger partial charge in [0.25, 0.3) is 5.69 Å². The van der Waals surface area contributed by atoms with E-state index in [0.29, 0.717) is 5.39 Å². The van der Waals surface area contributed by atoms with Gasteiger partial charge in [0.05, 0.1) is 23.0 Å². The highest BCUT2D eigenvalue weighted by molar-refractivity contribution is 7.09. The minimum Gasteiger partial charge on any atom is -0.376 e. The lowest BCUT2D eigenvalue weighted by atomic mass is 10.1. The first kappa shape index (κ1) is 16.9. The quantitative estimate of drug-likeness (QED) is 0.476. The van der Waals surface area contributed by atoms with Gasteiger partial charge in [0.15, 0.2) is 0 Å². The average Bonchev–Trinajstić information content (AvgIpc) is 3.34. The van der Waals surface area contributed by atoms with Crippen molar-refractivity contribution in [3.63, 3.8) is 0 Å². The van der Waals surface area contributed by atoms with Gasteiger partial charge in [0.1, 0.15) is 0 Å². The van der Waals surface area contributed by atoms with Gasteiger partial charge >= 0.3 is 0 Å². The lowest BCUT2D eigenvalue weighted by molar-refractivity contribution is -0.383. The second-order valence-electron chi connectivity index (χ2n) is 6.38. The van der Waals surface area contributed by atoms with Gasteiger partial charge in [-0.3, -0.25) is 15.1 Å². The minimum atomic E-state index is -0.350. The molecule has 1 aliphatic rings. The summed E-state index contributed by atoms with van der Waals surface area (Å²) < 4.78 is 5.84. The highest BCUT2D eigenvalue weighted by Gasteiger charge is 2.23. The number of hydrogen-bond donors (Lipinski definition) is 0. The minimum absolute atomic E-state index is 0.0880. The molecule has 1 fully saturated rings. The molecule has 6 nitrogen and oxygen atoms in total. The van der Waals surface area contributed by atoms with Crippen LogP contribution >= 0.6 is 11.3 Å². The Balaban J connectivity index is 1.76. The largest absolute Gasteiger partial charge is 0.376 e. The summed E-state index contributed by atoms with van der Waals surface area (Å²) in [6, 6.07) is 9.44. The Hall–Kier alpha value is -2.51. The Morgan fingerprint density at radius 2 is 2.23 bits per heavy atom. The van der Waals surface area contributed by atoms with Gasteiger partial charge in [0, 0.05) is 47.6 Å². The van der Waals surface area contributed by atoms with Gasteiger partial charge in [-0.25, -0.2) is 0 Å². The van der Waals surface area contributed by atoms with Crippen LogP contribution in [0.5, 0.6) is 0 Å². The first-order chi connectivity index (χ1) is 12.7. The van der Waals surface area contributed by atoms with E-state index < -0.39 is 0 Å². The predicted molar refractivity (Wildman–Crippen MR) is 103 cm³/mol. The van der Waals surface area contributed by atoms with E-state index in [9.17, 15) is 10.1 Å². The number of anilines is 1. The number of nitro benzene ring substituents is 1. The molecule has 3 heterocycles. The van der Waals surface area contributed by atoms with E-state index in [4.69, 9.17) is 4.74 Å². The molecule has 0 spiro atoms. The van der Waals surface area contributed by atoms with Crippen molar-refractivity contribution in [1.82, 2.24) is 4.98 Å². The van der Waals surface area contributed by atoms with Crippen LogP contribution in [0.15, 0.2) is 48.1 Å². The molecule has 1 aromatic carbocycles. The first-order valence-electron chi connectivity index (χ1n) is 8.62. The number of aromatic nitrogens is 1. The second-order valence-corrected chi connectivity index (χ2v) is 7.41. The smallest absolute Gasteiger partial charge is 0.278 e. The van der Waals surface area contributed by atoms with Crippen LogP contribution in [0.2, 0.25) is 0 Å². The van der Waals surface area contributed by atoms with Crippen LogP contribution < -0.4 is 4.90 Å². The van der Waals surface area contributed by atoms with Crippen molar-refractivity contribution in [3.8, 4) is 0 Å². The third kappa shape index (κ3) is 3.40. The number of nitrogens with zero attached hydrogens (tertiary/aromatic N) is 3. The van der Waals surface area contributed by atoms with Gasteiger partial charge in [-0.2, -0.15) is 0 Å². The molecule has 1 aliphatic heterocycles. The van der Waals surface area contributed by atoms with E-state index in [1.54, 1.807) is 29.8 Å². The predicted octanol–water partition coefficient (Wildman–Crippen LogP) is 4.39. The summed E-state index contributed by atoms with van der Waals surface area (Å²) in [6.07, 6.45) is 5.59. The Morgan fingerprint density at radius 1 is 1.31 bits per heavy atom. The molecule has 1 atom stereocenters. The number of pyridine rings is 1.